The van der Waals surface area contributed by atoms with Crippen LogP contribution in [0, 0.1) is 11.8 Å². The lowest BCUT2D eigenvalue weighted by Gasteiger charge is -2.37. The highest BCUT2D eigenvalue weighted by molar-refractivity contribution is 6.04. The molecule has 17 rings (SSSR count). The number of carbonyl (C=O) groups excluding carboxylic acids is 3. The van der Waals surface area contributed by atoms with E-state index in [1.165, 1.54) is 5.56 Å². The van der Waals surface area contributed by atoms with Crippen molar-refractivity contribution < 1.29 is 28.6 Å². The summed E-state index contributed by atoms with van der Waals surface area (Å²) in [6.45, 7) is 4.66. The Balaban J connectivity index is 0.000000161. The van der Waals surface area contributed by atoms with Gasteiger partial charge in [0, 0.05) is 71.8 Å². The van der Waals surface area contributed by atoms with E-state index in [9.17, 15) is 14.4 Å². The van der Waals surface area contributed by atoms with Gasteiger partial charge in [-0.15, -0.1) is 0 Å². The Labute approximate surface area is 595 Å². The molecule has 0 radical (unpaired) electrons. The molecule has 102 heavy (non-hydrogen) atoms. The van der Waals surface area contributed by atoms with Gasteiger partial charge in [-0.2, -0.15) is 10.2 Å². The lowest BCUT2D eigenvalue weighted by Crippen LogP contribution is -2.40. The van der Waals surface area contributed by atoms with Gasteiger partial charge in [0.25, 0.3) is 0 Å². The van der Waals surface area contributed by atoms with Crippen molar-refractivity contribution in [2.75, 3.05) is 39.4 Å². The zero-order valence-electron chi connectivity index (χ0n) is 57.1. The molecule has 506 valence electrons. The first-order valence-electron chi connectivity index (χ1n) is 35.9. The van der Waals surface area contributed by atoms with Gasteiger partial charge in [-0.25, -0.2) is 14.2 Å². The van der Waals surface area contributed by atoms with Gasteiger partial charge in [0.1, 0.15) is 40.6 Å². The summed E-state index contributed by atoms with van der Waals surface area (Å²) in [4.78, 5) is 42.8. The minimum Gasteiger partial charge on any atom is -0.493 e. The summed E-state index contributed by atoms with van der Waals surface area (Å²) < 4.78 is 21.7. The van der Waals surface area contributed by atoms with Gasteiger partial charge in [-0.05, 0) is 173 Å². The molecule has 6 heterocycles. The molecule has 2 saturated heterocycles. The number of carbonyl (C=O) groups is 3. The van der Waals surface area contributed by atoms with E-state index in [0.29, 0.717) is 50.6 Å². The smallest absolute Gasteiger partial charge is 0.410 e. The highest BCUT2D eigenvalue weighted by Crippen LogP contribution is 2.47. The van der Waals surface area contributed by atoms with Gasteiger partial charge in [-0.1, -0.05) is 212 Å². The van der Waals surface area contributed by atoms with E-state index in [1.54, 1.807) is 4.90 Å². The summed E-state index contributed by atoms with van der Waals surface area (Å²) >= 11 is 0. The number of amides is 1. The van der Waals surface area contributed by atoms with Gasteiger partial charge in [0.15, 0.2) is 11.6 Å². The van der Waals surface area contributed by atoms with E-state index >= 15 is 0 Å². The van der Waals surface area contributed by atoms with Crippen LogP contribution in [0.1, 0.15) is 109 Å². The summed E-state index contributed by atoms with van der Waals surface area (Å²) in [6.07, 6.45) is 6.21. The molecule has 13 aromatic rings. The number of likely N-dealkylation sites (tertiary alicyclic amines) is 1. The van der Waals surface area contributed by atoms with Crippen LogP contribution >= 0.6 is 0 Å². The molecule has 2 aromatic heterocycles. The molecule has 1 N–H and O–H groups in total. The maximum absolute atomic E-state index is 14.2. The first-order valence-corrected chi connectivity index (χ1v) is 35.9. The van der Waals surface area contributed by atoms with Crippen molar-refractivity contribution in [3.05, 3.63) is 346 Å². The van der Waals surface area contributed by atoms with Gasteiger partial charge in [0.2, 0.25) is 0 Å². The van der Waals surface area contributed by atoms with E-state index in [-0.39, 0.29) is 30.2 Å². The van der Waals surface area contributed by atoms with Gasteiger partial charge >= 0.3 is 6.09 Å². The maximum Gasteiger partial charge on any atom is 0.410 e. The number of nitrogens with one attached hydrogen (secondary N) is 1. The molecule has 0 saturated carbocycles. The molecule has 0 aliphatic carbocycles. The van der Waals surface area contributed by atoms with Gasteiger partial charge in [0.05, 0.1) is 24.2 Å². The number of benzene rings is 11. The Bertz CT molecular complexity index is 4930. The van der Waals surface area contributed by atoms with Crippen LogP contribution in [0.3, 0.4) is 0 Å². The van der Waals surface area contributed by atoms with Crippen LogP contribution in [0.2, 0.25) is 0 Å². The standard InChI is InChI=1S/C49H43N3O4.C41H37N3O2/c53-45(30-36-16-13-28-51(33-36)48(54)56-34-35-14-5-1-6-15-35)37-23-25-44-43(32-37)47(39-24-26-46-38(31-39)27-29-55-46)50-52(44)49(40-17-7-2-8-18-40,41-19-9-3-10-20-41)42-21-11-4-12-22-42;45-38(25-29-11-10-23-42-28-29)30-18-20-37-36(27-30)40(32-19-21-39-31(26-32)22-24-46-39)43-44(37)41(33-12-4-1-5-13-33,34-14-6-2-7-15-34)35-16-8-3-9-17-35/h1-12,14-15,17-26,31-32,36H,13,16,27-30,33-34H2;1-9,12-21,26-27,29,42H,10-11,22-25,28H2. The van der Waals surface area contributed by atoms with Crippen molar-refractivity contribution >= 4 is 39.5 Å². The zero-order chi connectivity index (χ0) is 68.8. The van der Waals surface area contributed by atoms with E-state index in [2.05, 4.69) is 227 Å². The van der Waals surface area contributed by atoms with Crippen LogP contribution in [-0.4, -0.2) is 81.5 Å². The number of ether oxygens (including phenoxy) is 3. The lowest BCUT2D eigenvalue weighted by atomic mass is 9.77. The average molecular weight is 1340 g/mol. The number of fused-ring (bicyclic) bond motifs is 4. The maximum atomic E-state index is 14.2. The minimum atomic E-state index is -0.841. The van der Waals surface area contributed by atoms with Crippen LogP contribution in [0.4, 0.5) is 4.79 Å². The second kappa shape index (κ2) is 29.0. The molecule has 2 atom stereocenters. The largest absolute Gasteiger partial charge is 0.493 e. The summed E-state index contributed by atoms with van der Waals surface area (Å²) in [7, 11) is 0. The number of hydrogen-bond donors (Lipinski definition) is 1. The molecular weight excluding hydrogens is 1260 g/mol. The minimum absolute atomic E-state index is 0.0389. The summed E-state index contributed by atoms with van der Waals surface area (Å²) in [5.41, 5.74) is 15.1. The Morgan fingerprint density at radius 2 is 0.853 bits per heavy atom. The molecule has 0 bridgehead atoms. The summed E-state index contributed by atoms with van der Waals surface area (Å²) in [5.74, 6) is 2.51. The molecule has 1 amide bonds. The number of piperidine rings is 2. The molecule has 2 unspecified atom stereocenters. The van der Waals surface area contributed by atoms with Crippen LogP contribution in [0.25, 0.3) is 44.3 Å². The van der Waals surface area contributed by atoms with E-state index in [1.807, 2.05) is 72.8 Å². The Morgan fingerprint density at radius 1 is 0.451 bits per heavy atom. The van der Waals surface area contributed by atoms with Crippen LogP contribution in [-0.2, 0) is 35.3 Å². The van der Waals surface area contributed by atoms with Crippen molar-refractivity contribution in [1.29, 1.82) is 0 Å². The predicted octanol–water partition coefficient (Wildman–Crippen LogP) is 18.2. The first-order chi connectivity index (χ1) is 50.3. The number of Topliss-reactive ketones (excluding diaryl/α,β-unsaturated/α-hetero) is 2. The third-order valence-electron chi connectivity index (χ3n) is 21.0. The topological polar surface area (TPSA) is 130 Å². The zero-order valence-corrected chi connectivity index (χ0v) is 57.1. The summed E-state index contributed by atoms with van der Waals surface area (Å²) in [5, 5.41) is 16.5. The van der Waals surface area contributed by atoms with Crippen molar-refractivity contribution in [1.82, 2.24) is 29.8 Å². The second-order valence-electron chi connectivity index (χ2n) is 27.4. The fourth-order valence-corrected chi connectivity index (χ4v) is 16.1. The fourth-order valence-electron chi connectivity index (χ4n) is 16.1. The summed E-state index contributed by atoms with van der Waals surface area (Å²) in [6, 6.07) is 98.1. The van der Waals surface area contributed by atoms with Crippen LogP contribution in [0.15, 0.2) is 285 Å². The first kappa shape index (κ1) is 65.2. The highest BCUT2D eigenvalue weighted by Gasteiger charge is 2.43. The monoisotopic (exact) mass is 1340 g/mol. The van der Waals surface area contributed by atoms with Gasteiger partial charge < -0.3 is 24.4 Å². The predicted molar refractivity (Wildman–Crippen MR) is 402 cm³/mol. The quantitative estimate of drug-likeness (QED) is 0.0659. The Hall–Kier alpha value is -11.5. The molecule has 12 heteroatoms. The fraction of sp³-hybridized carbons (Fsp3) is 0.211. The Morgan fingerprint density at radius 3 is 1.26 bits per heavy atom. The molecule has 2 fully saturated rings. The van der Waals surface area contributed by atoms with E-state index in [0.717, 1.165) is 158 Å². The van der Waals surface area contributed by atoms with E-state index < -0.39 is 11.1 Å². The number of nitrogens with zero attached hydrogens (tertiary/aromatic N) is 5. The number of aromatic nitrogens is 4. The third-order valence-corrected chi connectivity index (χ3v) is 21.0. The molecule has 0 spiro atoms. The molecule has 4 aliphatic rings. The molecule has 11 aromatic carbocycles. The lowest BCUT2D eigenvalue weighted by molar-refractivity contribution is 0.0735. The SMILES string of the molecule is O=C(CC1CCCN(C(=O)OCc2ccccc2)C1)c1ccc2c(c1)c(-c1ccc3c(c1)CCO3)nn2C(c1ccccc1)(c1ccccc1)c1ccccc1.O=C(CC1CCCNC1)c1ccc2c(c1)c(-c1ccc3c(c1)CCO3)nn2C(c1ccccc1)(c1ccccc1)c1ccccc1. The van der Waals surface area contributed by atoms with Crippen molar-refractivity contribution in [3.8, 4) is 34.0 Å². The van der Waals surface area contributed by atoms with Crippen molar-refractivity contribution in [2.24, 2.45) is 11.8 Å². The van der Waals surface area contributed by atoms with Crippen molar-refractivity contribution in [3.63, 3.8) is 0 Å². The molecular formula is C90H80N6O6. The number of rotatable bonds is 18. The van der Waals surface area contributed by atoms with Crippen molar-refractivity contribution in [2.45, 2.75) is 69.1 Å². The van der Waals surface area contributed by atoms with Gasteiger partial charge in [-0.3, -0.25) is 9.59 Å². The highest BCUT2D eigenvalue weighted by atomic mass is 16.6. The van der Waals surface area contributed by atoms with Crippen LogP contribution < -0.4 is 14.8 Å². The van der Waals surface area contributed by atoms with Crippen LogP contribution in [0.5, 0.6) is 11.5 Å². The number of ketones is 2. The second-order valence-corrected chi connectivity index (χ2v) is 27.4. The molecule has 12 nitrogen and oxygen atoms in total. The normalized spacial score (nSPS) is 15.7. The number of hydrogen-bond acceptors (Lipinski definition) is 9. The average Bonchev–Trinajstić information content (AvgIpc) is 1.49. The molecule has 4 aliphatic heterocycles. The third kappa shape index (κ3) is 12.7. The Kier molecular flexibility index (Phi) is 18.5. The van der Waals surface area contributed by atoms with E-state index in [4.69, 9.17) is 24.4 Å².